The van der Waals surface area contributed by atoms with Crippen LogP contribution in [-0.4, -0.2) is 20.7 Å². The number of nitrogens with one attached hydrogen (secondary N) is 1. The zero-order valence-corrected chi connectivity index (χ0v) is 18.7. The molecule has 1 amide bonds. The molecule has 3 aromatic carbocycles. The number of benzene rings is 3. The van der Waals surface area contributed by atoms with Crippen LogP contribution in [0.2, 0.25) is 5.02 Å². The Labute approximate surface area is 187 Å². The molecule has 1 heterocycles. The number of halogens is 2. The van der Waals surface area contributed by atoms with E-state index >= 15 is 0 Å². The monoisotopic (exact) mass is 480 g/mol. The van der Waals surface area contributed by atoms with E-state index in [0.717, 1.165) is 32.5 Å². The van der Waals surface area contributed by atoms with Crippen LogP contribution < -0.4 is 5.32 Å². The summed E-state index contributed by atoms with van der Waals surface area (Å²) in [5, 5.41) is 8.01. The number of para-hydroxylation sites is 1. The van der Waals surface area contributed by atoms with E-state index in [2.05, 4.69) is 31.3 Å². The van der Waals surface area contributed by atoms with Crippen molar-refractivity contribution in [2.24, 2.45) is 0 Å². The SMILES string of the molecule is Cc1ccc(-n2nc(C(=O)Nc3ccccc3C)nc2-c2ccc(Br)cc2)cc1Cl. The molecule has 0 aliphatic rings. The van der Waals surface area contributed by atoms with Crippen molar-refractivity contribution in [3.05, 3.63) is 93.2 Å². The summed E-state index contributed by atoms with van der Waals surface area (Å²) in [5.74, 6) is 0.254. The largest absolute Gasteiger partial charge is 0.319 e. The second-order valence-electron chi connectivity index (χ2n) is 6.88. The van der Waals surface area contributed by atoms with E-state index in [0.29, 0.717) is 10.8 Å². The highest BCUT2D eigenvalue weighted by Gasteiger charge is 2.20. The zero-order chi connectivity index (χ0) is 21.3. The maximum absolute atomic E-state index is 12.9. The van der Waals surface area contributed by atoms with Crippen molar-refractivity contribution in [3.63, 3.8) is 0 Å². The van der Waals surface area contributed by atoms with Crippen LogP contribution in [0.5, 0.6) is 0 Å². The van der Waals surface area contributed by atoms with Gasteiger partial charge in [0.2, 0.25) is 5.82 Å². The fraction of sp³-hybridized carbons (Fsp3) is 0.0870. The molecule has 0 bridgehead atoms. The first-order valence-electron chi connectivity index (χ1n) is 9.29. The van der Waals surface area contributed by atoms with Crippen molar-refractivity contribution in [1.29, 1.82) is 0 Å². The Morgan fingerprint density at radius 1 is 1.00 bits per heavy atom. The Morgan fingerprint density at radius 3 is 2.43 bits per heavy atom. The maximum atomic E-state index is 12.9. The van der Waals surface area contributed by atoms with Crippen molar-refractivity contribution in [2.45, 2.75) is 13.8 Å². The first-order valence-corrected chi connectivity index (χ1v) is 10.5. The third kappa shape index (κ3) is 4.15. The first-order chi connectivity index (χ1) is 14.4. The van der Waals surface area contributed by atoms with Gasteiger partial charge < -0.3 is 5.32 Å². The Balaban J connectivity index is 1.79. The lowest BCUT2D eigenvalue weighted by Crippen LogP contribution is -2.15. The van der Waals surface area contributed by atoms with E-state index in [1.165, 1.54) is 0 Å². The molecule has 0 atom stereocenters. The molecule has 0 saturated carbocycles. The number of aryl methyl sites for hydroxylation is 2. The number of hydrogen-bond donors (Lipinski definition) is 1. The van der Waals surface area contributed by atoms with Gasteiger partial charge in [-0.2, -0.15) is 0 Å². The lowest BCUT2D eigenvalue weighted by molar-refractivity contribution is 0.101. The second-order valence-corrected chi connectivity index (χ2v) is 8.20. The minimum atomic E-state index is -0.375. The highest BCUT2D eigenvalue weighted by molar-refractivity contribution is 9.10. The van der Waals surface area contributed by atoms with Crippen LogP contribution in [-0.2, 0) is 0 Å². The van der Waals surface area contributed by atoms with Crippen molar-refractivity contribution >= 4 is 39.1 Å². The highest BCUT2D eigenvalue weighted by Crippen LogP contribution is 2.26. The highest BCUT2D eigenvalue weighted by atomic mass is 79.9. The van der Waals surface area contributed by atoms with Crippen LogP contribution in [0.1, 0.15) is 21.7 Å². The fourth-order valence-corrected chi connectivity index (χ4v) is 3.42. The third-order valence-corrected chi connectivity index (χ3v) is 5.64. The van der Waals surface area contributed by atoms with Gasteiger partial charge in [0.05, 0.1) is 5.69 Å². The van der Waals surface area contributed by atoms with Crippen molar-refractivity contribution in [2.75, 3.05) is 5.32 Å². The van der Waals surface area contributed by atoms with Crippen LogP contribution in [0.25, 0.3) is 17.1 Å². The van der Waals surface area contributed by atoms with Gasteiger partial charge in [0.1, 0.15) is 0 Å². The number of hydrogen-bond acceptors (Lipinski definition) is 3. The molecule has 1 aromatic heterocycles. The molecule has 0 fully saturated rings. The molecule has 7 heteroatoms. The number of anilines is 1. The molecule has 4 aromatic rings. The zero-order valence-electron chi connectivity index (χ0n) is 16.4. The third-order valence-electron chi connectivity index (χ3n) is 4.71. The maximum Gasteiger partial charge on any atom is 0.295 e. The van der Waals surface area contributed by atoms with Crippen LogP contribution in [0.4, 0.5) is 5.69 Å². The summed E-state index contributed by atoms with van der Waals surface area (Å²) in [6.45, 7) is 3.87. The van der Waals surface area contributed by atoms with E-state index in [-0.39, 0.29) is 11.7 Å². The predicted molar refractivity (Wildman–Crippen MR) is 123 cm³/mol. The number of carbonyl (C=O) groups excluding carboxylic acids is 1. The summed E-state index contributed by atoms with van der Waals surface area (Å²) < 4.78 is 2.59. The molecule has 0 unspecified atom stereocenters. The molecule has 5 nitrogen and oxygen atoms in total. The fourth-order valence-electron chi connectivity index (χ4n) is 2.98. The quantitative estimate of drug-likeness (QED) is 0.376. The molecular formula is C23H18BrClN4O. The van der Waals surface area contributed by atoms with Gasteiger partial charge in [-0.05, 0) is 55.3 Å². The number of aromatic nitrogens is 3. The number of carbonyl (C=O) groups is 1. The van der Waals surface area contributed by atoms with Gasteiger partial charge in [0.25, 0.3) is 5.91 Å². The lowest BCUT2D eigenvalue weighted by Gasteiger charge is -2.08. The topological polar surface area (TPSA) is 59.8 Å². The second kappa shape index (κ2) is 8.42. The minimum Gasteiger partial charge on any atom is -0.319 e. The first kappa shape index (κ1) is 20.3. The van der Waals surface area contributed by atoms with E-state index in [4.69, 9.17) is 11.6 Å². The van der Waals surface area contributed by atoms with Gasteiger partial charge in [-0.1, -0.05) is 63.9 Å². The Kier molecular flexibility index (Phi) is 5.70. The van der Waals surface area contributed by atoms with Crippen LogP contribution in [0, 0.1) is 13.8 Å². The van der Waals surface area contributed by atoms with Crippen molar-refractivity contribution < 1.29 is 4.79 Å². The van der Waals surface area contributed by atoms with E-state index < -0.39 is 0 Å². The molecule has 0 aliphatic heterocycles. The summed E-state index contributed by atoms with van der Waals surface area (Å²) in [4.78, 5) is 17.4. The van der Waals surface area contributed by atoms with Gasteiger partial charge >= 0.3 is 0 Å². The van der Waals surface area contributed by atoms with Gasteiger partial charge in [-0.15, -0.1) is 5.10 Å². The molecule has 0 radical (unpaired) electrons. The normalized spacial score (nSPS) is 10.8. The van der Waals surface area contributed by atoms with Crippen molar-refractivity contribution in [3.8, 4) is 17.1 Å². The van der Waals surface area contributed by atoms with Gasteiger partial charge in [0, 0.05) is 20.7 Å². The lowest BCUT2D eigenvalue weighted by atomic mass is 10.2. The Bertz CT molecular complexity index is 1230. The molecule has 0 spiro atoms. The Morgan fingerprint density at radius 2 is 1.73 bits per heavy atom. The molecule has 30 heavy (non-hydrogen) atoms. The average molecular weight is 482 g/mol. The van der Waals surface area contributed by atoms with Gasteiger partial charge in [0.15, 0.2) is 5.82 Å². The number of amides is 1. The summed E-state index contributed by atoms with van der Waals surface area (Å²) >= 11 is 9.78. The number of nitrogens with zero attached hydrogens (tertiary/aromatic N) is 3. The summed E-state index contributed by atoms with van der Waals surface area (Å²) in [6.07, 6.45) is 0. The van der Waals surface area contributed by atoms with Crippen LogP contribution in [0.3, 0.4) is 0 Å². The molecule has 0 saturated heterocycles. The smallest absolute Gasteiger partial charge is 0.295 e. The summed E-state index contributed by atoms with van der Waals surface area (Å²) in [5.41, 5.74) is 4.21. The Hall–Kier alpha value is -2.96. The molecule has 1 N–H and O–H groups in total. The van der Waals surface area contributed by atoms with E-state index in [9.17, 15) is 4.79 Å². The van der Waals surface area contributed by atoms with Crippen LogP contribution >= 0.6 is 27.5 Å². The minimum absolute atomic E-state index is 0.0767. The summed E-state index contributed by atoms with van der Waals surface area (Å²) in [6, 6.07) is 20.9. The summed E-state index contributed by atoms with van der Waals surface area (Å²) in [7, 11) is 0. The van der Waals surface area contributed by atoms with E-state index in [1.807, 2.05) is 80.6 Å². The van der Waals surface area contributed by atoms with Gasteiger partial charge in [-0.3, -0.25) is 4.79 Å². The van der Waals surface area contributed by atoms with Crippen molar-refractivity contribution in [1.82, 2.24) is 14.8 Å². The van der Waals surface area contributed by atoms with E-state index in [1.54, 1.807) is 4.68 Å². The molecular weight excluding hydrogens is 464 g/mol. The molecule has 150 valence electrons. The average Bonchev–Trinajstić information content (AvgIpc) is 3.18. The predicted octanol–water partition coefficient (Wildman–Crippen LogP) is 6.22. The number of rotatable bonds is 4. The molecule has 4 rings (SSSR count). The molecule has 0 aliphatic carbocycles. The van der Waals surface area contributed by atoms with Crippen LogP contribution in [0.15, 0.2) is 71.2 Å². The standard InChI is InChI=1S/C23H18BrClN4O/c1-14-7-12-18(13-19(14)25)29-22(16-8-10-17(24)11-9-16)27-21(28-29)23(30)26-20-6-4-3-5-15(20)2/h3-13H,1-2H3,(H,26,30). The van der Waals surface area contributed by atoms with Gasteiger partial charge in [-0.25, -0.2) is 9.67 Å².